The van der Waals surface area contributed by atoms with Crippen molar-refractivity contribution < 1.29 is 0 Å². The van der Waals surface area contributed by atoms with E-state index in [0.717, 1.165) is 23.0 Å². The Morgan fingerprint density at radius 3 is 2.69 bits per heavy atom. The van der Waals surface area contributed by atoms with Crippen molar-refractivity contribution in [2.75, 3.05) is 25.9 Å². The highest BCUT2D eigenvalue weighted by molar-refractivity contribution is 6.30. The van der Waals surface area contributed by atoms with Crippen molar-refractivity contribution in [3.8, 4) is 0 Å². The largest absolute Gasteiger partial charge is 0.398 e. The predicted octanol–water partition coefficient (Wildman–Crippen LogP) is 2.81. The summed E-state index contributed by atoms with van der Waals surface area (Å²) in [6, 6.07) is 5.85. The number of likely N-dealkylation sites (tertiary alicyclic amines) is 1. The Balaban J connectivity index is 1.98. The van der Waals surface area contributed by atoms with Crippen LogP contribution in [0.4, 0.5) is 5.69 Å². The average molecular weight is 239 g/mol. The Morgan fingerprint density at radius 1 is 1.38 bits per heavy atom. The molecule has 0 bridgehead atoms. The van der Waals surface area contributed by atoms with E-state index in [-0.39, 0.29) is 0 Å². The SMILES string of the molecule is CN1CCC(Cc2ccc(Cl)cc2N)CC1. The van der Waals surface area contributed by atoms with Gasteiger partial charge in [-0.1, -0.05) is 17.7 Å². The Hall–Kier alpha value is -0.730. The predicted molar refractivity (Wildman–Crippen MR) is 69.8 cm³/mol. The van der Waals surface area contributed by atoms with E-state index in [1.54, 1.807) is 0 Å². The van der Waals surface area contributed by atoms with Crippen LogP contribution in [0, 0.1) is 5.92 Å². The van der Waals surface area contributed by atoms with Crippen LogP contribution >= 0.6 is 11.6 Å². The number of nitrogens with two attached hydrogens (primary N) is 1. The molecule has 1 fully saturated rings. The second-order valence-corrected chi connectivity index (χ2v) is 5.23. The van der Waals surface area contributed by atoms with E-state index in [0.29, 0.717) is 0 Å². The van der Waals surface area contributed by atoms with Crippen LogP contribution in [-0.4, -0.2) is 25.0 Å². The summed E-state index contributed by atoms with van der Waals surface area (Å²) in [5.41, 5.74) is 8.06. The third-order valence-corrected chi connectivity index (χ3v) is 3.69. The standard InChI is InChI=1S/C13H19ClN2/c1-16-6-4-10(5-7-16)8-11-2-3-12(14)9-13(11)15/h2-3,9-10H,4-8,15H2,1H3. The van der Waals surface area contributed by atoms with E-state index < -0.39 is 0 Å². The Kier molecular flexibility index (Phi) is 3.72. The maximum Gasteiger partial charge on any atom is 0.0426 e. The molecule has 3 heteroatoms. The minimum atomic E-state index is 0.727. The van der Waals surface area contributed by atoms with Gasteiger partial charge in [-0.05, 0) is 63.0 Å². The lowest BCUT2D eigenvalue weighted by atomic mass is 9.90. The molecule has 16 heavy (non-hydrogen) atoms. The molecule has 0 amide bonds. The number of piperidine rings is 1. The quantitative estimate of drug-likeness (QED) is 0.803. The van der Waals surface area contributed by atoms with Gasteiger partial charge in [0, 0.05) is 10.7 Å². The van der Waals surface area contributed by atoms with Gasteiger partial charge in [0.25, 0.3) is 0 Å². The van der Waals surface area contributed by atoms with Crippen LogP contribution in [0.25, 0.3) is 0 Å². The molecule has 1 aromatic carbocycles. The maximum atomic E-state index is 5.97. The molecule has 88 valence electrons. The molecule has 0 saturated carbocycles. The highest BCUT2D eigenvalue weighted by Gasteiger charge is 2.17. The van der Waals surface area contributed by atoms with Gasteiger partial charge in [0.2, 0.25) is 0 Å². The lowest BCUT2D eigenvalue weighted by molar-refractivity contribution is 0.219. The molecule has 0 aliphatic carbocycles. The highest BCUT2D eigenvalue weighted by atomic mass is 35.5. The lowest BCUT2D eigenvalue weighted by Crippen LogP contribution is -2.31. The minimum absolute atomic E-state index is 0.727. The molecule has 0 spiro atoms. The van der Waals surface area contributed by atoms with Crippen LogP contribution in [0.5, 0.6) is 0 Å². The van der Waals surface area contributed by atoms with Crippen molar-refractivity contribution in [2.24, 2.45) is 5.92 Å². The van der Waals surface area contributed by atoms with Gasteiger partial charge in [-0.2, -0.15) is 0 Å². The molecule has 1 heterocycles. The lowest BCUT2D eigenvalue weighted by Gasteiger charge is -2.29. The molecular weight excluding hydrogens is 220 g/mol. The van der Waals surface area contributed by atoms with Crippen LogP contribution in [0.3, 0.4) is 0 Å². The fourth-order valence-corrected chi connectivity index (χ4v) is 2.51. The molecule has 0 atom stereocenters. The molecule has 0 unspecified atom stereocenters. The normalized spacial score (nSPS) is 18.9. The molecule has 1 saturated heterocycles. The average Bonchev–Trinajstić information content (AvgIpc) is 2.25. The fraction of sp³-hybridized carbons (Fsp3) is 0.538. The second kappa shape index (κ2) is 5.07. The van der Waals surface area contributed by atoms with Crippen molar-refractivity contribution in [2.45, 2.75) is 19.3 Å². The second-order valence-electron chi connectivity index (χ2n) is 4.79. The highest BCUT2D eigenvalue weighted by Crippen LogP contribution is 2.25. The summed E-state index contributed by atoms with van der Waals surface area (Å²) in [5.74, 6) is 0.777. The Morgan fingerprint density at radius 2 is 2.06 bits per heavy atom. The number of anilines is 1. The summed E-state index contributed by atoms with van der Waals surface area (Å²) >= 11 is 5.89. The molecule has 0 radical (unpaired) electrons. The first-order valence-corrected chi connectivity index (χ1v) is 6.25. The van der Waals surface area contributed by atoms with Crippen molar-refractivity contribution in [3.63, 3.8) is 0 Å². The van der Waals surface area contributed by atoms with Crippen LogP contribution < -0.4 is 5.73 Å². The van der Waals surface area contributed by atoms with Gasteiger partial charge in [0.05, 0.1) is 0 Å². The van der Waals surface area contributed by atoms with Crippen molar-refractivity contribution in [1.82, 2.24) is 4.90 Å². The first-order valence-electron chi connectivity index (χ1n) is 5.87. The summed E-state index contributed by atoms with van der Waals surface area (Å²) < 4.78 is 0. The molecule has 1 aliphatic rings. The van der Waals surface area contributed by atoms with Gasteiger partial charge < -0.3 is 10.6 Å². The van der Waals surface area contributed by atoms with E-state index in [1.165, 1.54) is 31.5 Å². The van der Waals surface area contributed by atoms with Gasteiger partial charge in [-0.3, -0.25) is 0 Å². The molecule has 1 aliphatic heterocycles. The van der Waals surface area contributed by atoms with E-state index in [4.69, 9.17) is 17.3 Å². The van der Waals surface area contributed by atoms with Gasteiger partial charge in [0.1, 0.15) is 0 Å². The molecule has 2 rings (SSSR count). The van der Waals surface area contributed by atoms with Crippen LogP contribution in [-0.2, 0) is 6.42 Å². The minimum Gasteiger partial charge on any atom is -0.398 e. The zero-order chi connectivity index (χ0) is 11.5. The molecule has 1 aromatic rings. The van der Waals surface area contributed by atoms with Gasteiger partial charge >= 0.3 is 0 Å². The molecular formula is C13H19ClN2. The molecule has 0 aromatic heterocycles. The van der Waals surface area contributed by atoms with Crippen molar-refractivity contribution >= 4 is 17.3 Å². The van der Waals surface area contributed by atoms with E-state index in [1.807, 2.05) is 12.1 Å². The third-order valence-electron chi connectivity index (χ3n) is 3.45. The number of benzene rings is 1. The number of hydrogen-bond donors (Lipinski definition) is 1. The Bertz CT molecular complexity index is 357. The summed E-state index contributed by atoms with van der Waals surface area (Å²) in [6.07, 6.45) is 3.65. The molecule has 2 N–H and O–H groups in total. The van der Waals surface area contributed by atoms with Crippen molar-refractivity contribution in [3.05, 3.63) is 28.8 Å². The fourth-order valence-electron chi connectivity index (χ4n) is 2.33. The summed E-state index contributed by atoms with van der Waals surface area (Å²) in [7, 11) is 2.19. The monoisotopic (exact) mass is 238 g/mol. The van der Waals surface area contributed by atoms with E-state index in [9.17, 15) is 0 Å². The maximum absolute atomic E-state index is 5.97. The first-order chi connectivity index (χ1) is 7.65. The van der Waals surface area contributed by atoms with Crippen LogP contribution in [0.2, 0.25) is 5.02 Å². The number of halogens is 1. The topological polar surface area (TPSA) is 29.3 Å². The van der Waals surface area contributed by atoms with E-state index >= 15 is 0 Å². The van der Waals surface area contributed by atoms with Crippen LogP contribution in [0.15, 0.2) is 18.2 Å². The summed E-state index contributed by atoms with van der Waals surface area (Å²) in [5, 5.41) is 0.727. The zero-order valence-corrected chi connectivity index (χ0v) is 10.5. The van der Waals surface area contributed by atoms with Crippen LogP contribution in [0.1, 0.15) is 18.4 Å². The summed E-state index contributed by atoms with van der Waals surface area (Å²) in [4.78, 5) is 2.39. The Labute approximate surface area is 102 Å². The van der Waals surface area contributed by atoms with Gasteiger partial charge in [0.15, 0.2) is 0 Å². The number of nitrogen functional groups attached to an aromatic ring is 1. The smallest absolute Gasteiger partial charge is 0.0426 e. The van der Waals surface area contributed by atoms with Gasteiger partial charge in [-0.15, -0.1) is 0 Å². The first kappa shape index (κ1) is 11.7. The number of rotatable bonds is 2. The van der Waals surface area contributed by atoms with E-state index in [2.05, 4.69) is 18.0 Å². The third kappa shape index (κ3) is 2.89. The van der Waals surface area contributed by atoms with Gasteiger partial charge in [-0.25, -0.2) is 0 Å². The number of nitrogens with zero attached hydrogens (tertiary/aromatic N) is 1. The summed E-state index contributed by atoms with van der Waals surface area (Å²) in [6.45, 7) is 2.41. The molecule has 2 nitrogen and oxygen atoms in total. The number of hydrogen-bond acceptors (Lipinski definition) is 2. The van der Waals surface area contributed by atoms with Crippen molar-refractivity contribution in [1.29, 1.82) is 0 Å². The zero-order valence-electron chi connectivity index (χ0n) is 9.75.